The predicted molar refractivity (Wildman–Crippen MR) is 132 cm³/mol. The van der Waals surface area contributed by atoms with Crippen molar-refractivity contribution in [2.24, 2.45) is 0 Å². The number of aliphatic hydroxyl groups is 1. The number of ether oxygens (including phenoxy) is 1. The van der Waals surface area contributed by atoms with E-state index in [-0.39, 0.29) is 17.2 Å². The second-order valence-electron chi connectivity index (χ2n) is 7.97. The van der Waals surface area contributed by atoms with Crippen LogP contribution in [0, 0.1) is 10.1 Å². The van der Waals surface area contributed by atoms with Gasteiger partial charge in [0, 0.05) is 36.0 Å². The van der Waals surface area contributed by atoms with Gasteiger partial charge in [0.25, 0.3) is 17.4 Å². The summed E-state index contributed by atoms with van der Waals surface area (Å²) in [4.78, 5) is 49.6. The van der Waals surface area contributed by atoms with Crippen LogP contribution >= 0.6 is 0 Å². The highest BCUT2D eigenvalue weighted by Gasteiger charge is 2.47. The van der Waals surface area contributed by atoms with E-state index in [2.05, 4.69) is 5.32 Å². The SMILES string of the molecule is COc1ccc(/C(O)=C2\C(=O)C(=O)N(c3ccc(NC(C)=O)cc3)C2c2ccc([N+](=O)[O-])cc2)cc1. The van der Waals surface area contributed by atoms with Crippen LogP contribution in [0.1, 0.15) is 24.1 Å². The number of methoxy groups -OCH3 is 1. The Labute approximate surface area is 205 Å². The van der Waals surface area contributed by atoms with Crippen molar-refractivity contribution in [3.05, 3.63) is 99.6 Å². The van der Waals surface area contributed by atoms with Crippen LogP contribution in [-0.2, 0) is 14.4 Å². The summed E-state index contributed by atoms with van der Waals surface area (Å²) in [5, 5.41) is 24.9. The van der Waals surface area contributed by atoms with Crippen LogP contribution in [0.2, 0.25) is 0 Å². The molecule has 3 aromatic rings. The van der Waals surface area contributed by atoms with E-state index in [0.29, 0.717) is 28.3 Å². The molecule has 1 aliphatic rings. The number of non-ortho nitro benzene ring substituents is 1. The van der Waals surface area contributed by atoms with Crippen molar-refractivity contribution in [2.45, 2.75) is 13.0 Å². The summed E-state index contributed by atoms with van der Waals surface area (Å²) in [7, 11) is 1.49. The largest absolute Gasteiger partial charge is 0.507 e. The molecular weight excluding hydrogens is 466 g/mol. The summed E-state index contributed by atoms with van der Waals surface area (Å²) < 4.78 is 5.13. The van der Waals surface area contributed by atoms with Crippen molar-refractivity contribution in [3.63, 3.8) is 0 Å². The first-order valence-corrected chi connectivity index (χ1v) is 10.8. The lowest BCUT2D eigenvalue weighted by Crippen LogP contribution is -2.29. The molecule has 1 saturated heterocycles. The monoisotopic (exact) mass is 487 g/mol. The number of nitrogens with zero attached hydrogens (tertiary/aromatic N) is 2. The molecule has 1 heterocycles. The van der Waals surface area contributed by atoms with Crippen LogP contribution in [0.5, 0.6) is 5.75 Å². The minimum atomic E-state index is -1.06. The third-order valence-corrected chi connectivity index (χ3v) is 5.69. The van der Waals surface area contributed by atoms with Gasteiger partial charge in [0.05, 0.1) is 23.6 Å². The normalized spacial score (nSPS) is 16.6. The summed E-state index contributed by atoms with van der Waals surface area (Å²) in [6, 6.07) is 16.9. The Morgan fingerprint density at radius 3 is 2.14 bits per heavy atom. The second-order valence-corrected chi connectivity index (χ2v) is 7.97. The molecule has 10 nitrogen and oxygen atoms in total. The van der Waals surface area contributed by atoms with Crippen LogP contribution < -0.4 is 15.0 Å². The molecule has 1 fully saturated rings. The molecule has 0 bridgehead atoms. The first kappa shape index (κ1) is 24.1. The number of nitro benzene ring substituents is 1. The zero-order chi connectivity index (χ0) is 26.0. The first-order chi connectivity index (χ1) is 17.2. The van der Waals surface area contributed by atoms with Gasteiger partial charge in [-0.3, -0.25) is 29.4 Å². The third kappa shape index (κ3) is 4.51. The lowest BCUT2D eigenvalue weighted by molar-refractivity contribution is -0.384. The lowest BCUT2D eigenvalue weighted by Gasteiger charge is -2.25. The summed E-state index contributed by atoms with van der Waals surface area (Å²) in [6.45, 7) is 1.36. The fourth-order valence-corrected chi connectivity index (χ4v) is 4.01. The van der Waals surface area contributed by atoms with Gasteiger partial charge >= 0.3 is 0 Å². The number of benzene rings is 3. The summed E-state index contributed by atoms with van der Waals surface area (Å²) in [5.41, 5.74) is 1.19. The molecule has 10 heteroatoms. The van der Waals surface area contributed by atoms with Gasteiger partial charge in [-0.25, -0.2) is 0 Å². The fourth-order valence-electron chi connectivity index (χ4n) is 4.01. The van der Waals surface area contributed by atoms with Gasteiger partial charge in [0.2, 0.25) is 5.91 Å². The summed E-state index contributed by atoms with van der Waals surface area (Å²) in [5.74, 6) is -1.90. The van der Waals surface area contributed by atoms with Crippen LogP contribution in [0.25, 0.3) is 5.76 Å². The van der Waals surface area contributed by atoms with Crippen molar-refractivity contribution < 1.29 is 29.2 Å². The Hall–Kier alpha value is -4.99. The molecule has 1 aliphatic heterocycles. The Bertz CT molecular complexity index is 1380. The fraction of sp³-hybridized carbons (Fsp3) is 0.115. The maximum absolute atomic E-state index is 13.2. The number of anilines is 2. The molecule has 1 atom stereocenters. The summed E-state index contributed by atoms with van der Waals surface area (Å²) in [6.07, 6.45) is 0. The number of Topliss-reactive ketones (excluding diaryl/α,β-unsaturated/α-hetero) is 1. The van der Waals surface area contributed by atoms with Gasteiger partial charge in [0.1, 0.15) is 11.5 Å². The number of ketones is 1. The van der Waals surface area contributed by atoms with Crippen molar-refractivity contribution in [2.75, 3.05) is 17.3 Å². The molecule has 0 saturated carbocycles. The molecule has 36 heavy (non-hydrogen) atoms. The van der Waals surface area contributed by atoms with E-state index < -0.39 is 28.4 Å². The second kappa shape index (κ2) is 9.71. The zero-order valence-electron chi connectivity index (χ0n) is 19.3. The molecule has 2 N–H and O–H groups in total. The standard InChI is InChI=1S/C26H21N3O7/c1-15(30)27-18-7-11-19(12-8-18)28-23(16-3-9-20(10-4-16)29(34)35)22(25(32)26(28)33)24(31)17-5-13-21(36-2)14-6-17/h3-14,23,31H,1-2H3,(H,27,30)/b24-22+. The molecule has 2 amide bonds. The number of nitrogens with one attached hydrogen (secondary N) is 1. The van der Waals surface area contributed by atoms with Gasteiger partial charge in [-0.2, -0.15) is 0 Å². The maximum atomic E-state index is 13.2. The molecular formula is C26H21N3O7. The number of amides is 2. The number of hydrogen-bond donors (Lipinski definition) is 2. The van der Waals surface area contributed by atoms with E-state index in [0.717, 1.165) is 0 Å². The van der Waals surface area contributed by atoms with Gasteiger partial charge in [0.15, 0.2) is 0 Å². The van der Waals surface area contributed by atoms with E-state index in [1.807, 2.05) is 0 Å². The Morgan fingerprint density at radius 1 is 1.00 bits per heavy atom. The van der Waals surface area contributed by atoms with Crippen LogP contribution in [0.3, 0.4) is 0 Å². The zero-order valence-corrected chi connectivity index (χ0v) is 19.3. The predicted octanol–water partition coefficient (Wildman–Crippen LogP) is 4.19. The average molecular weight is 487 g/mol. The minimum absolute atomic E-state index is 0.162. The van der Waals surface area contributed by atoms with E-state index in [4.69, 9.17) is 4.74 Å². The van der Waals surface area contributed by atoms with Crippen LogP contribution in [-0.4, -0.2) is 34.7 Å². The molecule has 3 aromatic carbocycles. The number of rotatable bonds is 6. The molecule has 182 valence electrons. The smallest absolute Gasteiger partial charge is 0.300 e. The highest BCUT2D eigenvalue weighted by Crippen LogP contribution is 2.42. The quantitative estimate of drug-likeness (QED) is 0.175. The van der Waals surface area contributed by atoms with E-state index in [9.17, 15) is 29.6 Å². The van der Waals surface area contributed by atoms with Crippen LogP contribution in [0.15, 0.2) is 78.4 Å². The van der Waals surface area contributed by atoms with Crippen LogP contribution in [0.4, 0.5) is 17.1 Å². The van der Waals surface area contributed by atoms with E-state index in [1.165, 1.54) is 43.2 Å². The molecule has 0 radical (unpaired) electrons. The van der Waals surface area contributed by atoms with E-state index >= 15 is 0 Å². The van der Waals surface area contributed by atoms with Gasteiger partial charge < -0.3 is 15.2 Å². The lowest BCUT2D eigenvalue weighted by atomic mass is 9.95. The highest BCUT2D eigenvalue weighted by atomic mass is 16.6. The number of aliphatic hydroxyl groups excluding tert-OH is 1. The molecule has 0 aliphatic carbocycles. The summed E-state index contributed by atoms with van der Waals surface area (Å²) >= 11 is 0. The average Bonchev–Trinajstić information content (AvgIpc) is 3.14. The van der Waals surface area contributed by atoms with Gasteiger partial charge in [-0.1, -0.05) is 0 Å². The molecule has 4 rings (SSSR count). The molecule has 1 unspecified atom stereocenters. The molecule has 0 spiro atoms. The number of carbonyl (C=O) groups excluding carboxylic acids is 3. The van der Waals surface area contributed by atoms with Crippen molar-refractivity contribution in [1.82, 2.24) is 0 Å². The van der Waals surface area contributed by atoms with E-state index in [1.54, 1.807) is 48.5 Å². The van der Waals surface area contributed by atoms with Crippen molar-refractivity contribution >= 4 is 40.4 Å². The third-order valence-electron chi connectivity index (χ3n) is 5.69. The molecule has 0 aromatic heterocycles. The Kier molecular flexibility index (Phi) is 6.51. The number of hydrogen-bond acceptors (Lipinski definition) is 7. The topological polar surface area (TPSA) is 139 Å². The van der Waals surface area contributed by atoms with Crippen molar-refractivity contribution in [3.8, 4) is 5.75 Å². The van der Waals surface area contributed by atoms with Crippen molar-refractivity contribution in [1.29, 1.82) is 0 Å². The Morgan fingerprint density at radius 2 is 1.61 bits per heavy atom. The Balaban J connectivity index is 1.86. The van der Waals surface area contributed by atoms with Gasteiger partial charge in [-0.15, -0.1) is 0 Å². The first-order valence-electron chi connectivity index (χ1n) is 10.8. The number of nitro groups is 1. The maximum Gasteiger partial charge on any atom is 0.300 e. The number of carbonyl (C=O) groups is 3. The minimum Gasteiger partial charge on any atom is -0.507 e. The highest BCUT2D eigenvalue weighted by molar-refractivity contribution is 6.51. The van der Waals surface area contributed by atoms with Gasteiger partial charge in [-0.05, 0) is 66.2 Å².